The highest BCUT2D eigenvalue weighted by Crippen LogP contribution is 2.45. The maximum absolute atomic E-state index is 12.9. The van der Waals surface area contributed by atoms with Gasteiger partial charge >= 0.3 is 24.1 Å². The first kappa shape index (κ1) is 16.1. The molecule has 0 radical (unpaired) electrons. The van der Waals surface area contributed by atoms with E-state index < -0.39 is 49.1 Å². The van der Waals surface area contributed by atoms with Gasteiger partial charge in [0.05, 0.1) is 7.11 Å². The van der Waals surface area contributed by atoms with Crippen LogP contribution in [0.5, 0.6) is 0 Å². The monoisotopic (exact) mass is 298 g/mol. The number of nitrogens with zero attached hydrogens (tertiary/aromatic N) is 1. The number of urea groups is 1. The lowest BCUT2D eigenvalue weighted by Crippen LogP contribution is -2.49. The van der Waals surface area contributed by atoms with Crippen LogP contribution < -0.4 is 5.32 Å². The van der Waals surface area contributed by atoms with Gasteiger partial charge in [0.2, 0.25) is 0 Å². The molecule has 1 atom stereocenters. The standard InChI is InChI=1S/C10H13F3N2O5/c1-20-6(16)4-14-8(19)15-3-2-9(5-15,7(17)18)10(11,12)13/h2-5H2,1H3,(H,14,19)(H,17,18). The van der Waals surface area contributed by atoms with Gasteiger partial charge in [0.15, 0.2) is 5.41 Å². The number of carbonyl (C=O) groups excluding carboxylic acids is 2. The van der Waals surface area contributed by atoms with Gasteiger partial charge in [-0.1, -0.05) is 0 Å². The van der Waals surface area contributed by atoms with Gasteiger partial charge in [-0.2, -0.15) is 13.2 Å². The largest absolute Gasteiger partial charge is 0.481 e. The van der Waals surface area contributed by atoms with Crippen LogP contribution in [0.15, 0.2) is 0 Å². The number of halogens is 3. The van der Waals surface area contributed by atoms with Crippen molar-refractivity contribution in [2.75, 3.05) is 26.7 Å². The van der Waals surface area contributed by atoms with E-state index in [0.717, 1.165) is 7.11 Å². The molecule has 2 amide bonds. The molecule has 0 aromatic heterocycles. The summed E-state index contributed by atoms with van der Waals surface area (Å²) in [6.45, 7) is -1.85. The van der Waals surface area contributed by atoms with Crippen molar-refractivity contribution >= 4 is 18.0 Å². The molecule has 1 aliphatic rings. The van der Waals surface area contributed by atoms with Gasteiger partial charge in [-0.15, -0.1) is 0 Å². The molecule has 1 aliphatic heterocycles. The average Bonchev–Trinajstić information content (AvgIpc) is 2.81. The van der Waals surface area contributed by atoms with Crippen LogP contribution in [0.3, 0.4) is 0 Å². The van der Waals surface area contributed by atoms with Crippen LogP contribution in [0.2, 0.25) is 0 Å². The Kier molecular flexibility index (Phi) is 4.46. The Morgan fingerprint density at radius 1 is 1.40 bits per heavy atom. The van der Waals surface area contributed by atoms with E-state index in [9.17, 15) is 27.6 Å². The van der Waals surface area contributed by atoms with E-state index in [0.29, 0.717) is 4.90 Å². The van der Waals surface area contributed by atoms with E-state index in [1.165, 1.54) is 0 Å². The molecular weight excluding hydrogens is 285 g/mol. The molecule has 7 nitrogen and oxygen atoms in total. The van der Waals surface area contributed by atoms with Crippen molar-refractivity contribution in [1.82, 2.24) is 10.2 Å². The Bertz CT molecular complexity index is 426. The van der Waals surface area contributed by atoms with Crippen LogP contribution in [0, 0.1) is 5.41 Å². The molecule has 0 spiro atoms. The van der Waals surface area contributed by atoms with Gasteiger partial charge in [-0.25, -0.2) is 4.79 Å². The quantitative estimate of drug-likeness (QED) is 0.726. The zero-order valence-corrected chi connectivity index (χ0v) is 10.5. The van der Waals surface area contributed by atoms with Gasteiger partial charge in [0.25, 0.3) is 0 Å². The fraction of sp³-hybridized carbons (Fsp3) is 0.700. The number of hydrogen-bond donors (Lipinski definition) is 2. The lowest BCUT2D eigenvalue weighted by atomic mass is 9.86. The highest BCUT2D eigenvalue weighted by Gasteiger charge is 2.64. The van der Waals surface area contributed by atoms with Crippen molar-refractivity contribution in [2.24, 2.45) is 5.41 Å². The molecular formula is C10H13F3N2O5. The number of nitrogens with one attached hydrogen (secondary N) is 1. The lowest BCUT2D eigenvalue weighted by Gasteiger charge is -2.27. The first-order valence-electron chi connectivity index (χ1n) is 5.54. The van der Waals surface area contributed by atoms with E-state index in [1.54, 1.807) is 0 Å². The smallest absolute Gasteiger partial charge is 0.406 e. The number of methoxy groups -OCH3 is 1. The molecule has 1 saturated heterocycles. The van der Waals surface area contributed by atoms with Crippen LogP contribution in [-0.2, 0) is 14.3 Å². The first-order chi connectivity index (χ1) is 9.14. The summed E-state index contributed by atoms with van der Waals surface area (Å²) in [7, 11) is 1.09. The minimum atomic E-state index is -4.96. The Balaban J connectivity index is 2.72. The second kappa shape index (κ2) is 5.55. The fourth-order valence-electron chi connectivity index (χ4n) is 1.84. The number of esters is 1. The number of carboxylic acids is 1. The maximum Gasteiger partial charge on any atom is 0.406 e. The van der Waals surface area contributed by atoms with Crippen molar-refractivity contribution in [3.05, 3.63) is 0 Å². The van der Waals surface area contributed by atoms with E-state index >= 15 is 0 Å². The van der Waals surface area contributed by atoms with E-state index in [4.69, 9.17) is 5.11 Å². The molecule has 114 valence electrons. The second-order valence-electron chi connectivity index (χ2n) is 4.29. The summed E-state index contributed by atoms with van der Waals surface area (Å²) in [6.07, 6.45) is -5.69. The highest BCUT2D eigenvalue weighted by molar-refractivity contribution is 5.83. The summed E-state index contributed by atoms with van der Waals surface area (Å²) in [6, 6.07) is -0.942. The number of rotatable bonds is 3. The predicted molar refractivity (Wildman–Crippen MR) is 57.7 cm³/mol. The lowest BCUT2D eigenvalue weighted by molar-refractivity contribution is -0.227. The van der Waals surface area contributed by atoms with Crippen molar-refractivity contribution < 1.29 is 37.4 Å². The number of amides is 2. The van der Waals surface area contributed by atoms with Crippen molar-refractivity contribution in [1.29, 1.82) is 0 Å². The number of carbonyl (C=O) groups is 3. The molecule has 0 aliphatic carbocycles. The van der Waals surface area contributed by atoms with E-state index in [2.05, 4.69) is 10.1 Å². The van der Waals surface area contributed by atoms with E-state index in [1.807, 2.05) is 0 Å². The van der Waals surface area contributed by atoms with Crippen molar-refractivity contribution in [2.45, 2.75) is 12.6 Å². The number of carboxylic acid groups (broad SMARTS) is 1. The second-order valence-corrected chi connectivity index (χ2v) is 4.29. The topological polar surface area (TPSA) is 95.9 Å². The average molecular weight is 298 g/mol. The molecule has 10 heteroatoms. The van der Waals surface area contributed by atoms with Gasteiger partial charge in [0, 0.05) is 13.1 Å². The molecule has 1 rings (SSSR count). The summed E-state index contributed by atoms with van der Waals surface area (Å²) < 4.78 is 42.8. The number of ether oxygens (including phenoxy) is 1. The number of likely N-dealkylation sites (tertiary alicyclic amines) is 1. The molecule has 0 bridgehead atoms. The molecule has 1 fully saturated rings. The van der Waals surface area contributed by atoms with Gasteiger partial charge in [-0.05, 0) is 6.42 Å². The molecule has 20 heavy (non-hydrogen) atoms. The molecule has 1 heterocycles. The summed E-state index contributed by atoms with van der Waals surface area (Å²) in [4.78, 5) is 34.0. The van der Waals surface area contributed by atoms with Gasteiger partial charge in [0.1, 0.15) is 6.54 Å². The third kappa shape index (κ3) is 2.94. The minimum Gasteiger partial charge on any atom is -0.481 e. The Hall–Kier alpha value is -2.00. The zero-order valence-electron chi connectivity index (χ0n) is 10.5. The summed E-state index contributed by atoms with van der Waals surface area (Å²) in [5.74, 6) is -2.79. The van der Waals surface area contributed by atoms with Crippen LogP contribution in [0.4, 0.5) is 18.0 Å². The normalized spacial score (nSPS) is 22.5. The molecule has 1 unspecified atom stereocenters. The first-order valence-corrected chi connectivity index (χ1v) is 5.54. The summed E-state index contributed by atoms with van der Waals surface area (Å²) in [5, 5.41) is 10.9. The maximum atomic E-state index is 12.9. The molecule has 0 aromatic carbocycles. The fourth-order valence-corrected chi connectivity index (χ4v) is 1.84. The Labute approximate surface area is 111 Å². The minimum absolute atomic E-state index is 0.362. The summed E-state index contributed by atoms with van der Waals surface area (Å²) in [5.41, 5.74) is -2.96. The Morgan fingerprint density at radius 2 is 2.00 bits per heavy atom. The number of alkyl halides is 3. The van der Waals surface area contributed by atoms with Crippen LogP contribution in [0.25, 0.3) is 0 Å². The van der Waals surface area contributed by atoms with Crippen LogP contribution in [0.1, 0.15) is 6.42 Å². The number of aliphatic carboxylic acids is 1. The molecule has 0 aromatic rings. The molecule has 0 saturated carbocycles. The van der Waals surface area contributed by atoms with Crippen LogP contribution >= 0.6 is 0 Å². The highest BCUT2D eigenvalue weighted by atomic mass is 19.4. The molecule has 2 N–H and O–H groups in total. The van der Waals surface area contributed by atoms with Gasteiger partial charge < -0.3 is 20.1 Å². The summed E-state index contributed by atoms with van der Waals surface area (Å²) >= 11 is 0. The zero-order chi connectivity index (χ0) is 15.6. The van der Waals surface area contributed by atoms with Crippen molar-refractivity contribution in [3.63, 3.8) is 0 Å². The van der Waals surface area contributed by atoms with Crippen LogP contribution in [-0.4, -0.2) is 60.9 Å². The predicted octanol–water partition coefficient (Wildman–Crippen LogP) is 0.208. The number of hydrogen-bond acceptors (Lipinski definition) is 4. The third-order valence-electron chi connectivity index (χ3n) is 3.12. The van der Waals surface area contributed by atoms with E-state index in [-0.39, 0.29) is 6.54 Å². The Morgan fingerprint density at radius 3 is 2.40 bits per heavy atom. The van der Waals surface area contributed by atoms with Gasteiger partial charge in [-0.3, -0.25) is 9.59 Å². The SMILES string of the molecule is COC(=O)CNC(=O)N1CCC(C(=O)O)(C(F)(F)F)C1. The third-order valence-corrected chi connectivity index (χ3v) is 3.12. The van der Waals surface area contributed by atoms with Crippen molar-refractivity contribution in [3.8, 4) is 0 Å².